The first kappa shape index (κ1) is 30.6. The fourth-order valence-corrected chi connectivity index (χ4v) is 6.44. The van der Waals surface area contributed by atoms with Gasteiger partial charge in [-0.05, 0) is 61.7 Å². The third-order valence-electron chi connectivity index (χ3n) is 8.97. The molecule has 11 heteroatoms. The largest absolute Gasteiger partial charge is 0.380 e. The molecule has 1 unspecified atom stereocenters. The zero-order chi connectivity index (χ0) is 33.2. The number of imide groups is 2. The van der Waals surface area contributed by atoms with Gasteiger partial charge in [-0.25, -0.2) is 0 Å². The molecule has 4 aromatic rings. The summed E-state index contributed by atoms with van der Waals surface area (Å²) in [7, 11) is 0. The summed E-state index contributed by atoms with van der Waals surface area (Å²) < 4.78 is 1.92. The van der Waals surface area contributed by atoms with Crippen LogP contribution in [0.3, 0.4) is 0 Å². The molecule has 11 nitrogen and oxygen atoms in total. The summed E-state index contributed by atoms with van der Waals surface area (Å²) >= 11 is 0. The molecule has 2 fully saturated rings. The summed E-state index contributed by atoms with van der Waals surface area (Å²) in [4.78, 5) is 66.7. The van der Waals surface area contributed by atoms with E-state index >= 15 is 0 Å². The van der Waals surface area contributed by atoms with Crippen LogP contribution in [0.4, 0.5) is 5.69 Å². The monoisotopic (exact) mass is 640 g/mol. The highest BCUT2D eigenvalue weighted by molar-refractivity contribution is 6.25. The van der Waals surface area contributed by atoms with Crippen LogP contribution in [0.25, 0.3) is 0 Å². The van der Waals surface area contributed by atoms with E-state index in [4.69, 9.17) is 0 Å². The van der Waals surface area contributed by atoms with Crippen LogP contribution in [0.15, 0.2) is 85.2 Å². The lowest BCUT2D eigenvalue weighted by atomic mass is 10.0. The highest BCUT2D eigenvalue weighted by Gasteiger charge is 2.45. The molecule has 0 bridgehead atoms. The van der Waals surface area contributed by atoms with Crippen molar-refractivity contribution in [3.05, 3.63) is 119 Å². The van der Waals surface area contributed by atoms with Crippen LogP contribution in [-0.2, 0) is 16.1 Å². The summed E-state index contributed by atoms with van der Waals surface area (Å²) in [5, 5.41) is 10.1. The molecule has 48 heavy (non-hydrogen) atoms. The lowest BCUT2D eigenvalue weighted by Crippen LogP contribution is -2.54. The number of fused-ring (bicyclic) bond motifs is 1. The molecule has 0 radical (unpaired) electrons. The van der Waals surface area contributed by atoms with E-state index in [9.17, 15) is 24.0 Å². The highest BCUT2D eigenvalue weighted by atomic mass is 16.2. The van der Waals surface area contributed by atoms with Crippen molar-refractivity contribution in [2.24, 2.45) is 0 Å². The normalized spacial score (nSPS) is 17.9. The van der Waals surface area contributed by atoms with Gasteiger partial charge < -0.3 is 10.2 Å². The van der Waals surface area contributed by atoms with Gasteiger partial charge in [0.25, 0.3) is 17.7 Å². The highest BCUT2D eigenvalue weighted by Crippen LogP contribution is 2.33. The van der Waals surface area contributed by atoms with Gasteiger partial charge in [0.1, 0.15) is 6.04 Å². The van der Waals surface area contributed by atoms with Gasteiger partial charge in [0, 0.05) is 60.2 Å². The van der Waals surface area contributed by atoms with E-state index in [2.05, 4.69) is 27.6 Å². The molecule has 0 saturated carbocycles. The van der Waals surface area contributed by atoms with Crippen LogP contribution in [-0.4, -0.2) is 68.2 Å². The number of anilines is 1. The third kappa shape index (κ3) is 6.08. The van der Waals surface area contributed by atoms with Crippen LogP contribution in [0.5, 0.6) is 0 Å². The van der Waals surface area contributed by atoms with Crippen LogP contribution in [0.2, 0.25) is 0 Å². The summed E-state index contributed by atoms with van der Waals surface area (Å²) in [6, 6.07) is 21.3. The van der Waals surface area contributed by atoms with Gasteiger partial charge in [-0.15, -0.1) is 0 Å². The van der Waals surface area contributed by atoms with Crippen LogP contribution >= 0.6 is 0 Å². The molecule has 2 N–H and O–H groups in total. The van der Waals surface area contributed by atoms with Crippen molar-refractivity contribution in [1.82, 2.24) is 24.9 Å². The van der Waals surface area contributed by atoms with Gasteiger partial charge in [0.15, 0.2) is 0 Å². The van der Waals surface area contributed by atoms with Gasteiger partial charge in [-0.1, -0.05) is 42.2 Å². The second-order valence-corrected chi connectivity index (χ2v) is 12.1. The van der Waals surface area contributed by atoms with Gasteiger partial charge in [0.2, 0.25) is 11.8 Å². The van der Waals surface area contributed by atoms with Gasteiger partial charge in [-0.3, -0.25) is 38.9 Å². The van der Waals surface area contributed by atoms with Crippen molar-refractivity contribution in [1.29, 1.82) is 0 Å². The number of rotatable bonds is 6. The molecule has 1 atom stereocenters. The van der Waals surface area contributed by atoms with Crippen molar-refractivity contribution >= 4 is 35.2 Å². The van der Waals surface area contributed by atoms with Crippen molar-refractivity contribution in [3.63, 3.8) is 0 Å². The Hall–Kier alpha value is -6.02. The first-order valence-electron chi connectivity index (χ1n) is 15.9. The Kier molecular flexibility index (Phi) is 8.29. The zero-order valence-electron chi connectivity index (χ0n) is 26.0. The molecule has 5 amide bonds. The predicted molar refractivity (Wildman–Crippen MR) is 176 cm³/mol. The predicted octanol–water partition coefficient (Wildman–Crippen LogP) is 3.77. The number of aromatic nitrogens is 2. The zero-order valence-corrected chi connectivity index (χ0v) is 26.0. The van der Waals surface area contributed by atoms with E-state index in [1.807, 2.05) is 70.4 Å². The number of benzene rings is 3. The number of carbonyl (C=O) groups excluding carboxylic acids is 5. The molecule has 0 aliphatic carbocycles. The second-order valence-electron chi connectivity index (χ2n) is 12.1. The number of piperidine rings is 2. The van der Waals surface area contributed by atoms with Crippen molar-refractivity contribution < 1.29 is 24.0 Å². The Bertz CT molecular complexity index is 2000. The average molecular weight is 641 g/mol. The molecule has 1 aromatic heterocycles. The number of nitrogens with one attached hydrogen (secondary N) is 2. The number of hydrogen-bond acceptors (Lipinski definition) is 7. The Morgan fingerprint density at radius 3 is 2.42 bits per heavy atom. The lowest BCUT2D eigenvalue weighted by molar-refractivity contribution is -0.136. The molecule has 7 rings (SSSR count). The molecule has 240 valence electrons. The summed E-state index contributed by atoms with van der Waals surface area (Å²) in [5.74, 6) is 4.11. The molecule has 0 spiro atoms. The SMILES string of the molecule is O=C1CCC(N2C(=O)c3cccc(NCc4cnn(C5CCN(C(=O)c6cccc(C#Cc7ccccc7)c6)CC5)c4)c3C2=O)C(=O)N1. The van der Waals surface area contributed by atoms with E-state index in [-0.39, 0.29) is 35.9 Å². The minimum atomic E-state index is -1.02. The molecule has 3 aromatic carbocycles. The van der Waals surface area contributed by atoms with Crippen molar-refractivity contribution in [2.45, 2.75) is 44.3 Å². The number of amides is 5. The van der Waals surface area contributed by atoms with Crippen molar-refractivity contribution in [2.75, 3.05) is 18.4 Å². The summed E-state index contributed by atoms with van der Waals surface area (Å²) in [5.41, 5.74) is 4.13. The quantitative estimate of drug-likeness (QED) is 0.242. The Morgan fingerprint density at radius 2 is 1.62 bits per heavy atom. The summed E-state index contributed by atoms with van der Waals surface area (Å²) in [6.45, 7) is 1.57. The Morgan fingerprint density at radius 1 is 0.875 bits per heavy atom. The van der Waals surface area contributed by atoms with E-state index in [1.165, 1.54) is 0 Å². The fourth-order valence-electron chi connectivity index (χ4n) is 6.44. The molecular weight excluding hydrogens is 608 g/mol. The average Bonchev–Trinajstić information content (AvgIpc) is 3.69. The number of carbonyl (C=O) groups is 5. The first-order valence-corrected chi connectivity index (χ1v) is 15.9. The van der Waals surface area contributed by atoms with Crippen LogP contribution in [0.1, 0.15) is 79.5 Å². The number of nitrogens with zero attached hydrogens (tertiary/aromatic N) is 4. The second kappa shape index (κ2) is 13.0. The lowest BCUT2D eigenvalue weighted by Gasteiger charge is -2.32. The molecule has 4 heterocycles. The van der Waals surface area contributed by atoms with Gasteiger partial charge >= 0.3 is 0 Å². The molecular formula is C37H32N6O5. The first-order chi connectivity index (χ1) is 23.4. The minimum Gasteiger partial charge on any atom is -0.380 e. The maximum atomic E-state index is 13.4. The van der Waals surface area contributed by atoms with Crippen LogP contribution < -0.4 is 10.6 Å². The molecule has 3 aliphatic heterocycles. The van der Waals surface area contributed by atoms with E-state index in [0.29, 0.717) is 30.9 Å². The Balaban J connectivity index is 0.955. The standard InChI is InChI=1S/C37H32N6O5/c44-32-15-14-31(34(45)40-32)43-36(47)29-10-5-11-30(33(29)37(43)48)38-21-26-22-39-42(23-26)28-16-18-41(19-17-28)35(46)27-9-4-8-25(20-27)13-12-24-6-2-1-3-7-24/h1-11,20,22-23,28,31,38H,14-19,21H2,(H,40,44,45). The number of likely N-dealkylation sites (tertiary alicyclic amines) is 1. The van der Waals surface area contributed by atoms with E-state index in [1.54, 1.807) is 24.4 Å². The fraction of sp³-hybridized carbons (Fsp3) is 0.243. The molecule has 2 saturated heterocycles. The maximum absolute atomic E-state index is 13.4. The maximum Gasteiger partial charge on any atom is 0.264 e. The van der Waals surface area contributed by atoms with E-state index in [0.717, 1.165) is 34.4 Å². The van der Waals surface area contributed by atoms with Crippen LogP contribution in [0, 0.1) is 11.8 Å². The number of hydrogen-bond donors (Lipinski definition) is 2. The Labute approximate surface area is 276 Å². The smallest absolute Gasteiger partial charge is 0.264 e. The molecule has 3 aliphatic rings. The summed E-state index contributed by atoms with van der Waals surface area (Å²) in [6.07, 6.45) is 5.39. The van der Waals surface area contributed by atoms with Crippen molar-refractivity contribution in [3.8, 4) is 11.8 Å². The minimum absolute atomic E-state index is 0.0123. The van der Waals surface area contributed by atoms with Gasteiger partial charge in [0.05, 0.1) is 23.4 Å². The topological polar surface area (TPSA) is 134 Å². The third-order valence-corrected chi connectivity index (χ3v) is 8.97. The van der Waals surface area contributed by atoms with Gasteiger partial charge in [-0.2, -0.15) is 5.10 Å². The van der Waals surface area contributed by atoms with E-state index < -0.39 is 29.7 Å².